The van der Waals surface area contributed by atoms with E-state index in [0.29, 0.717) is 0 Å². The van der Waals surface area contributed by atoms with Crippen molar-refractivity contribution in [2.75, 3.05) is 7.11 Å². The van der Waals surface area contributed by atoms with Crippen molar-refractivity contribution in [1.29, 1.82) is 0 Å². The predicted molar refractivity (Wildman–Crippen MR) is 52.3 cm³/mol. The van der Waals surface area contributed by atoms with Crippen molar-refractivity contribution in [3.05, 3.63) is 22.9 Å². The van der Waals surface area contributed by atoms with Gasteiger partial charge in [0, 0.05) is 19.4 Å². The number of hydrogen-bond acceptors (Lipinski definition) is 4. The molecule has 1 atom stereocenters. The summed E-state index contributed by atoms with van der Waals surface area (Å²) in [6, 6.07) is 0. The summed E-state index contributed by atoms with van der Waals surface area (Å²) in [5, 5.41) is 9.73. The number of aryl methyl sites for hydroxylation is 1. The highest BCUT2D eigenvalue weighted by molar-refractivity contribution is 5.78. The molecule has 0 aliphatic carbocycles. The Morgan fingerprint density at radius 2 is 2.20 bits per heavy atom. The third kappa shape index (κ3) is 2.27. The number of carbonyl (C=O) groups excluding carboxylic acids is 1. The number of nitrogens with zero attached hydrogens (tertiary/aromatic N) is 2. The number of esters is 1. The van der Waals surface area contributed by atoms with Gasteiger partial charge in [0.2, 0.25) is 0 Å². The lowest BCUT2D eigenvalue weighted by atomic mass is 10.1. The van der Waals surface area contributed by atoms with Crippen molar-refractivity contribution >= 4 is 5.97 Å². The highest BCUT2D eigenvalue weighted by Crippen LogP contribution is 2.07. The molecule has 1 rings (SSSR count). The summed E-state index contributed by atoms with van der Waals surface area (Å²) in [6.07, 6.45) is 3.05. The van der Waals surface area contributed by atoms with E-state index in [0.717, 1.165) is 0 Å². The fourth-order valence-corrected chi connectivity index (χ4v) is 1.25. The first-order valence-corrected chi connectivity index (χ1v) is 4.41. The molecule has 1 aromatic heterocycles. The average Bonchev–Trinajstić information content (AvgIpc) is 2.48. The van der Waals surface area contributed by atoms with Crippen LogP contribution in [0.4, 0.5) is 0 Å². The van der Waals surface area contributed by atoms with Crippen molar-refractivity contribution in [3.8, 4) is 0 Å². The Bertz CT molecular complexity index is 416. The molecule has 0 aromatic carbocycles. The summed E-state index contributed by atoms with van der Waals surface area (Å²) in [6.45, 7) is 1.18. The molecule has 0 aliphatic heterocycles. The summed E-state index contributed by atoms with van der Waals surface area (Å²) in [7, 11) is 2.77. The number of hydrogen-bond donors (Lipinski definition) is 1. The Morgan fingerprint density at radius 3 is 2.60 bits per heavy atom. The van der Waals surface area contributed by atoms with E-state index in [4.69, 9.17) is 0 Å². The van der Waals surface area contributed by atoms with E-state index < -0.39 is 11.6 Å². The van der Waals surface area contributed by atoms with Gasteiger partial charge in [-0.1, -0.05) is 0 Å². The third-order valence-corrected chi connectivity index (χ3v) is 2.12. The Labute approximate surface area is 86.7 Å². The Kier molecular flexibility index (Phi) is 2.99. The summed E-state index contributed by atoms with van der Waals surface area (Å²) in [4.78, 5) is 22.6. The van der Waals surface area contributed by atoms with Gasteiger partial charge >= 0.3 is 11.7 Å². The van der Waals surface area contributed by atoms with Crippen LogP contribution in [-0.2, 0) is 23.1 Å². The van der Waals surface area contributed by atoms with E-state index in [2.05, 4.69) is 4.74 Å². The van der Waals surface area contributed by atoms with E-state index in [1.54, 1.807) is 13.2 Å². The lowest BCUT2D eigenvalue weighted by molar-refractivity contribution is -0.161. The SMILES string of the molecule is COC(=O)C(C)(O)Cn1ccn(C)c1=O. The second-order valence-corrected chi connectivity index (χ2v) is 3.58. The number of rotatable bonds is 3. The van der Waals surface area contributed by atoms with Crippen LogP contribution in [0.5, 0.6) is 0 Å². The zero-order valence-electron chi connectivity index (χ0n) is 8.93. The van der Waals surface area contributed by atoms with Gasteiger partial charge in [-0.2, -0.15) is 0 Å². The zero-order chi connectivity index (χ0) is 11.6. The van der Waals surface area contributed by atoms with Gasteiger partial charge in [0.25, 0.3) is 0 Å². The minimum absolute atomic E-state index is 0.126. The topological polar surface area (TPSA) is 73.5 Å². The summed E-state index contributed by atoms with van der Waals surface area (Å²) >= 11 is 0. The highest BCUT2D eigenvalue weighted by Gasteiger charge is 2.32. The van der Waals surface area contributed by atoms with Gasteiger partial charge in [0.15, 0.2) is 5.60 Å². The minimum Gasteiger partial charge on any atom is -0.467 e. The molecule has 0 bridgehead atoms. The lowest BCUT2D eigenvalue weighted by Gasteiger charge is -2.19. The second kappa shape index (κ2) is 3.90. The van der Waals surface area contributed by atoms with Crippen LogP contribution in [0.3, 0.4) is 0 Å². The molecule has 1 N–H and O–H groups in total. The van der Waals surface area contributed by atoms with E-state index in [9.17, 15) is 14.7 Å². The maximum Gasteiger partial charge on any atom is 0.339 e. The first-order valence-electron chi connectivity index (χ1n) is 4.41. The lowest BCUT2D eigenvalue weighted by Crippen LogP contribution is -2.43. The van der Waals surface area contributed by atoms with Gasteiger partial charge in [-0.25, -0.2) is 9.59 Å². The average molecular weight is 214 g/mol. The van der Waals surface area contributed by atoms with Crippen molar-refractivity contribution < 1.29 is 14.6 Å². The molecule has 0 saturated heterocycles. The van der Waals surface area contributed by atoms with E-state index >= 15 is 0 Å². The van der Waals surface area contributed by atoms with Crippen LogP contribution in [0.15, 0.2) is 17.2 Å². The standard InChI is InChI=1S/C9H14N2O4/c1-9(14,7(12)15-3)6-11-5-4-10(2)8(11)13/h4-5,14H,6H2,1-3H3. The summed E-state index contributed by atoms with van der Waals surface area (Å²) < 4.78 is 7.02. The quantitative estimate of drug-likeness (QED) is 0.662. The first kappa shape index (κ1) is 11.5. The maximum atomic E-state index is 11.4. The van der Waals surface area contributed by atoms with Crippen LogP contribution >= 0.6 is 0 Å². The van der Waals surface area contributed by atoms with Crippen molar-refractivity contribution in [2.45, 2.75) is 19.1 Å². The molecular weight excluding hydrogens is 200 g/mol. The molecule has 1 unspecified atom stereocenters. The smallest absolute Gasteiger partial charge is 0.339 e. The third-order valence-electron chi connectivity index (χ3n) is 2.12. The van der Waals surface area contributed by atoms with Gasteiger partial charge in [0.05, 0.1) is 13.7 Å². The number of carbonyl (C=O) groups is 1. The Balaban J connectivity index is 2.91. The van der Waals surface area contributed by atoms with E-state index in [1.807, 2.05) is 0 Å². The monoisotopic (exact) mass is 214 g/mol. The van der Waals surface area contributed by atoms with Crippen LogP contribution < -0.4 is 5.69 Å². The Morgan fingerprint density at radius 1 is 1.60 bits per heavy atom. The fourth-order valence-electron chi connectivity index (χ4n) is 1.25. The van der Waals surface area contributed by atoms with Crippen LogP contribution in [0, 0.1) is 0 Å². The summed E-state index contributed by atoms with van der Waals surface area (Å²) in [5.74, 6) is -0.766. The van der Waals surface area contributed by atoms with Crippen LogP contribution in [0.2, 0.25) is 0 Å². The number of aliphatic hydroxyl groups is 1. The van der Waals surface area contributed by atoms with Crippen LogP contribution in [-0.4, -0.2) is 32.9 Å². The molecular formula is C9H14N2O4. The molecule has 0 amide bonds. The summed E-state index contributed by atoms with van der Waals surface area (Å²) in [5.41, 5.74) is -1.99. The number of imidazole rings is 1. The van der Waals surface area contributed by atoms with Crippen LogP contribution in [0.25, 0.3) is 0 Å². The maximum absolute atomic E-state index is 11.4. The highest BCUT2D eigenvalue weighted by atomic mass is 16.5. The number of methoxy groups -OCH3 is 1. The number of ether oxygens (including phenoxy) is 1. The predicted octanol–water partition coefficient (Wildman–Crippen LogP) is -0.889. The largest absolute Gasteiger partial charge is 0.467 e. The van der Waals surface area contributed by atoms with E-state index in [1.165, 1.54) is 29.4 Å². The fraction of sp³-hybridized carbons (Fsp3) is 0.556. The Hall–Kier alpha value is -1.56. The minimum atomic E-state index is -1.69. The molecule has 84 valence electrons. The molecule has 0 fully saturated rings. The second-order valence-electron chi connectivity index (χ2n) is 3.58. The molecule has 1 heterocycles. The molecule has 15 heavy (non-hydrogen) atoms. The van der Waals surface area contributed by atoms with Gasteiger partial charge < -0.3 is 14.4 Å². The van der Waals surface area contributed by atoms with Gasteiger partial charge in [-0.3, -0.25) is 4.57 Å². The molecule has 0 saturated carbocycles. The molecule has 0 radical (unpaired) electrons. The molecule has 6 nitrogen and oxygen atoms in total. The van der Waals surface area contributed by atoms with Crippen molar-refractivity contribution in [1.82, 2.24) is 9.13 Å². The molecule has 6 heteroatoms. The molecule has 0 aliphatic rings. The first-order chi connectivity index (χ1) is 6.88. The molecule has 0 spiro atoms. The van der Waals surface area contributed by atoms with Crippen molar-refractivity contribution in [2.24, 2.45) is 7.05 Å². The van der Waals surface area contributed by atoms with E-state index in [-0.39, 0.29) is 12.2 Å². The van der Waals surface area contributed by atoms with Gasteiger partial charge in [-0.15, -0.1) is 0 Å². The molecule has 1 aromatic rings. The number of aromatic nitrogens is 2. The normalized spacial score (nSPS) is 14.7. The van der Waals surface area contributed by atoms with Crippen LogP contribution in [0.1, 0.15) is 6.92 Å². The zero-order valence-corrected chi connectivity index (χ0v) is 8.93. The van der Waals surface area contributed by atoms with Gasteiger partial charge in [0.1, 0.15) is 0 Å². The van der Waals surface area contributed by atoms with Gasteiger partial charge in [-0.05, 0) is 6.92 Å². The van der Waals surface area contributed by atoms with Crippen molar-refractivity contribution in [3.63, 3.8) is 0 Å².